The molecule has 0 fully saturated rings. The highest BCUT2D eigenvalue weighted by Crippen LogP contribution is 2.26. The van der Waals surface area contributed by atoms with Crippen molar-refractivity contribution >= 4 is 17.6 Å². The first kappa shape index (κ1) is 14.3. The van der Waals surface area contributed by atoms with Crippen molar-refractivity contribution in [1.82, 2.24) is 9.97 Å². The summed E-state index contributed by atoms with van der Waals surface area (Å²) in [7, 11) is 0. The Morgan fingerprint density at radius 2 is 1.94 bits per heavy atom. The molecule has 0 saturated heterocycles. The van der Waals surface area contributed by atoms with E-state index in [2.05, 4.69) is 49.9 Å². The largest absolute Gasteiger partial charge is 0.370 e. The first-order valence-electron chi connectivity index (χ1n) is 6.35. The van der Waals surface area contributed by atoms with Gasteiger partial charge in [0.2, 0.25) is 0 Å². The smallest absolute Gasteiger partial charge is 0.134 e. The molecule has 96 valence electrons. The van der Waals surface area contributed by atoms with Gasteiger partial charge in [-0.25, -0.2) is 9.97 Å². The second-order valence-electron chi connectivity index (χ2n) is 4.38. The van der Waals surface area contributed by atoms with Crippen LogP contribution in [0.2, 0.25) is 0 Å². The molecule has 0 bridgehead atoms. The van der Waals surface area contributed by atoms with Crippen molar-refractivity contribution in [3.63, 3.8) is 0 Å². The quantitative estimate of drug-likeness (QED) is 0.617. The fraction of sp³-hybridized carbons (Fsp3) is 0.692. The number of aromatic nitrogens is 2. The number of anilines is 1. The number of thioether (sulfide) groups is 1. The molecule has 1 heterocycles. The SMILES string of the molecule is CCCNc1nc(C(C)C)nc(SCC)c1C. The monoisotopic (exact) mass is 253 g/mol. The Bertz CT molecular complexity index is 364. The minimum Gasteiger partial charge on any atom is -0.370 e. The normalized spacial score (nSPS) is 10.9. The van der Waals surface area contributed by atoms with Gasteiger partial charge in [0.15, 0.2) is 0 Å². The molecule has 0 unspecified atom stereocenters. The summed E-state index contributed by atoms with van der Waals surface area (Å²) in [6.07, 6.45) is 1.11. The molecule has 0 aliphatic heterocycles. The summed E-state index contributed by atoms with van der Waals surface area (Å²) in [6.45, 7) is 11.6. The van der Waals surface area contributed by atoms with E-state index in [1.807, 2.05) is 0 Å². The fourth-order valence-corrected chi connectivity index (χ4v) is 2.21. The minimum atomic E-state index is 0.369. The Hall–Kier alpha value is -0.770. The fourth-order valence-electron chi connectivity index (χ4n) is 1.46. The summed E-state index contributed by atoms with van der Waals surface area (Å²) in [6, 6.07) is 0. The van der Waals surface area contributed by atoms with Gasteiger partial charge in [-0.15, -0.1) is 11.8 Å². The maximum absolute atomic E-state index is 4.64. The van der Waals surface area contributed by atoms with Crippen LogP contribution in [0.4, 0.5) is 5.82 Å². The number of hydrogen-bond acceptors (Lipinski definition) is 4. The van der Waals surface area contributed by atoms with E-state index in [1.165, 1.54) is 5.56 Å². The highest BCUT2D eigenvalue weighted by Gasteiger charge is 2.12. The van der Waals surface area contributed by atoms with Crippen molar-refractivity contribution in [1.29, 1.82) is 0 Å². The van der Waals surface area contributed by atoms with Gasteiger partial charge in [-0.05, 0) is 19.1 Å². The first-order valence-corrected chi connectivity index (χ1v) is 7.33. The molecule has 0 atom stereocenters. The molecule has 3 nitrogen and oxygen atoms in total. The van der Waals surface area contributed by atoms with Gasteiger partial charge in [0.25, 0.3) is 0 Å². The number of nitrogens with zero attached hydrogens (tertiary/aromatic N) is 2. The van der Waals surface area contributed by atoms with Gasteiger partial charge in [-0.2, -0.15) is 0 Å². The number of rotatable bonds is 6. The molecule has 1 aromatic heterocycles. The average molecular weight is 253 g/mol. The second-order valence-corrected chi connectivity index (χ2v) is 5.63. The van der Waals surface area contributed by atoms with Gasteiger partial charge in [0.05, 0.1) is 0 Å². The Morgan fingerprint density at radius 3 is 2.47 bits per heavy atom. The summed E-state index contributed by atoms with van der Waals surface area (Å²) < 4.78 is 0. The zero-order valence-corrected chi connectivity index (χ0v) is 12.3. The van der Waals surface area contributed by atoms with Crippen molar-refractivity contribution in [3.8, 4) is 0 Å². The molecule has 0 aliphatic carbocycles. The van der Waals surface area contributed by atoms with Gasteiger partial charge >= 0.3 is 0 Å². The third-order valence-electron chi connectivity index (χ3n) is 2.46. The first-order chi connectivity index (χ1) is 8.10. The maximum atomic E-state index is 4.64. The molecule has 0 amide bonds. The van der Waals surface area contributed by atoms with Crippen LogP contribution in [-0.4, -0.2) is 22.3 Å². The van der Waals surface area contributed by atoms with Crippen LogP contribution in [0.1, 0.15) is 51.4 Å². The maximum Gasteiger partial charge on any atom is 0.134 e. The summed E-state index contributed by atoms with van der Waals surface area (Å²) in [5, 5.41) is 4.51. The molecule has 1 rings (SSSR count). The zero-order chi connectivity index (χ0) is 12.8. The number of nitrogens with one attached hydrogen (secondary N) is 1. The lowest BCUT2D eigenvalue weighted by Gasteiger charge is -2.14. The van der Waals surface area contributed by atoms with E-state index in [0.29, 0.717) is 5.92 Å². The molecule has 0 spiro atoms. The van der Waals surface area contributed by atoms with Gasteiger partial charge in [-0.3, -0.25) is 0 Å². The van der Waals surface area contributed by atoms with Gasteiger partial charge < -0.3 is 5.32 Å². The topological polar surface area (TPSA) is 37.8 Å². The van der Waals surface area contributed by atoms with E-state index in [0.717, 1.165) is 35.4 Å². The van der Waals surface area contributed by atoms with Crippen LogP contribution in [0.5, 0.6) is 0 Å². The molecule has 0 radical (unpaired) electrons. The summed E-state index contributed by atoms with van der Waals surface area (Å²) in [4.78, 5) is 9.26. The van der Waals surface area contributed by atoms with Gasteiger partial charge in [-0.1, -0.05) is 27.7 Å². The van der Waals surface area contributed by atoms with Gasteiger partial charge in [0, 0.05) is 18.0 Å². The molecule has 0 aliphatic rings. The van der Waals surface area contributed by atoms with E-state index < -0.39 is 0 Å². The average Bonchev–Trinajstić information content (AvgIpc) is 2.30. The minimum absolute atomic E-state index is 0.369. The third kappa shape index (κ3) is 3.87. The lowest BCUT2D eigenvalue weighted by Crippen LogP contribution is -2.09. The Morgan fingerprint density at radius 1 is 1.24 bits per heavy atom. The van der Waals surface area contributed by atoms with Crippen LogP contribution in [0, 0.1) is 6.92 Å². The Balaban J connectivity index is 3.08. The third-order valence-corrected chi connectivity index (χ3v) is 3.42. The molecule has 17 heavy (non-hydrogen) atoms. The van der Waals surface area contributed by atoms with Crippen LogP contribution in [0.3, 0.4) is 0 Å². The van der Waals surface area contributed by atoms with Gasteiger partial charge in [0.1, 0.15) is 16.7 Å². The molecule has 0 aromatic carbocycles. The predicted molar refractivity (Wildman–Crippen MR) is 76.0 cm³/mol. The van der Waals surface area contributed by atoms with Crippen LogP contribution in [0.15, 0.2) is 5.03 Å². The highest BCUT2D eigenvalue weighted by atomic mass is 32.2. The molecular formula is C13H23N3S. The van der Waals surface area contributed by atoms with E-state index in [9.17, 15) is 0 Å². The van der Waals surface area contributed by atoms with E-state index in [-0.39, 0.29) is 0 Å². The second kappa shape index (κ2) is 6.84. The predicted octanol–water partition coefficient (Wildman–Crippen LogP) is 3.84. The van der Waals surface area contributed by atoms with Crippen LogP contribution in [0.25, 0.3) is 0 Å². The van der Waals surface area contributed by atoms with Crippen LogP contribution in [-0.2, 0) is 0 Å². The standard InChI is InChI=1S/C13H23N3S/c1-6-8-14-12-10(5)13(17-7-2)16-11(15-12)9(3)4/h9H,6-8H2,1-5H3,(H,14,15,16). The van der Waals surface area contributed by atoms with Crippen molar-refractivity contribution in [3.05, 3.63) is 11.4 Å². The van der Waals surface area contributed by atoms with Crippen molar-refractivity contribution < 1.29 is 0 Å². The van der Waals surface area contributed by atoms with Crippen molar-refractivity contribution in [2.24, 2.45) is 0 Å². The molecular weight excluding hydrogens is 230 g/mol. The molecule has 4 heteroatoms. The lowest BCUT2D eigenvalue weighted by atomic mass is 10.2. The van der Waals surface area contributed by atoms with Crippen molar-refractivity contribution in [2.45, 2.75) is 52.0 Å². The van der Waals surface area contributed by atoms with Crippen LogP contribution >= 0.6 is 11.8 Å². The molecule has 1 aromatic rings. The zero-order valence-electron chi connectivity index (χ0n) is 11.5. The highest BCUT2D eigenvalue weighted by molar-refractivity contribution is 7.99. The Labute approximate surface area is 109 Å². The van der Waals surface area contributed by atoms with E-state index in [1.54, 1.807) is 11.8 Å². The van der Waals surface area contributed by atoms with E-state index >= 15 is 0 Å². The number of hydrogen-bond donors (Lipinski definition) is 1. The van der Waals surface area contributed by atoms with Crippen molar-refractivity contribution in [2.75, 3.05) is 17.6 Å². The Kier molecular flexibility index (Phi) is 5.75. The summed E-state index contributed by atoms with van der Waals surface area (Å²) >= 11 is 1.79. The molecule has 0 saturated carbocycles. The lowest BCUT2D eigenvalue weighted by molar-refractivity contribution is 0.747. The summed E-state index contributed by atoms with van der Waals surface area (Å²) in [5.41, 5.74) is 1.18. The molecule has 1 N–H and O–H groups in total. The van der Waals surface area contributed by atoms with E-state index in [4.69, 9.17) is 0 Å². The summed E-state index contributed by atoms with van der Waals surface area (Å²) in [5.74, 6) is 3.35. The van der Waals surface area contributed by atoms with Crippen LogP contribution < -0.4 is 5.32 Å².